The maximum Gasteiger partial charge on any atom is 0.434 e. The van der Waals surface area contributed by atoms with Crippen LogP contribution in [0.25, 0.3) is 0 Å². The predicted octanol–water partition coefficient (Wildman–Crippen LogP) is 1.62. The van der Waals surface area contributed by atoms with Crippen LogP contribution in [0.4, 0.5) is 38.2 Å². The van der Waals surface area contributed by atoms with E-state index >= 15 is 0 Å². The Labute approximate surface area is 132 Å². The fraction of sp³-hybridized carbons (Fsp3) is 0.727. The molecule has 1 aromatic rings. The van der Waals surface area contributed by atoms with Gasteiger partial charge in [0.1, 0.15) is 0 Å². The van der Waals surface area contributed by atoms with Crippen molar-refractivity contribution in [3.8, 4) is 6.01 Å². The number of ether oxygens (including phenoxy) is 2. The van der Waals surface area contributed by atoms with Crippen molar-refractivity contribution in [2.45, 2.75) is 18.5 Å². The van der Waals surface area contributed by atoms with E-state index in [1.165, 1.54) is 11.9 Å². The van der Waals surface area contributed by atoms with E-state index in [0.717, 1.165) is 0 Å². The van der Waals surface area contributed by atoms with Gasteiger partial charge in [-0.25, -0.2) is 0 Å². The number of halogens is 6. The van der Waals surface area contributed by atoms with Gasteiger partial charge < -0.3 is 19.7 Å². The van der Waals surface area contributed by atoms with Crippen LogP contribution in [0.5, 0.6) is 6.01 Å². The SMILES string of the molecule is CNc1nc(OC(C(F)(F)F)C(F)(F)F)nc(N2CCOCC2)n1. The van der Waals surface area contributed by atoms with Crippen molar-refractivity contribution in [1.82, 2.24) is 15.0 Å². The maximum absolute atomic E-state index is 12.6. The summed E-state index contributed by atoms with van der Waals surface area (Å²) in [5.74, 6) is -0.319. The third kappa shape index (κ3) is 4.49. The Hall–Kier alpha value is -2.05. The van der Waals surface area contributed by atoms with Crippen molar-refractivity contribution in [3.05, 3.63) is 0 Å². The zero-order chi connectivity index (χ0) is 18.0. The molecule has 0 unspecified atom stereocenters. The maximum atomic E-state index is 12.6. The lowest BCUT2D eigenvalue weighted by molar-refractivity contribution is -0.301. The molecule has 1 N–H and O–H groups in total. The number of aromatic nitrogens is 3. The quantitative estimate of drug-likeness (QED) is 0.817. The highest BCUT2D eigenvalue weighted by molar-refractivity contribution is 5.38. The van der Waals surface area contributed by atoms with Gasteiger partial charge in [-0.3, -0.25) is 0 Å². The first-order valence-corrected chi connectivity index (χ1v) is 6.68. The summed E-state index contributed by atoms with van der Waals surface area (Å²) in [4.78, 5) is 12.4. The Bertz CT molecular complexity index is 547. The fourth-order valence-corrected chi connectivity index (χ4v) is 1.84. The summed E-state index contributed by atoms with van der Waals surface area (Å²) in [6.07, 6.45) is -15.4. The number of hydrogen-bond acceptors (Lipinski definition) is 7. The zero-order valence-electron chi connectivity index (χ0n) is 12.3. The first-order chi connectivity index (χ1) is 11.1. The molecule has 0 aliphatic carbocycles. The number of nitrogens with zero attached hydrogens (tertiary/aromatic N) is 4. The predicted molar refractivity (Wildman–Crippen MR) is 68.9 cm³/mol. The normalized spacial score (nSPS) is 16.4. The molecule has 0 aromatic carbocycles. The number of anilines is 2. The molecule has 2 heterocycles. The van der Waals surface area contributed by atoms with Gasteiger partial charge in [-0.05, 0) is 0 Å². The minimum absolute atomic E-state index is 0.101. The van der Waals surface area contributed by atoms with Gasteiger partial charge in [-0.15, -0.1) is 0 Å². The lowest BCUT2D eigenvalue weighted by Crippen LogP contribution is -2.47. The van der Waals surface area contributed by atoms with Crippen LogP contribution in [0.1, 0.15) is 0 Å². The molecule has 1 saturated heterocycles. The van der Waals surface area contributed by atoms with E-state index in [-0.39, 0.29) is 11.9 Å². The Morgan fingerprint density at radius 2 is 1.62 bits per heavy atom. The second-order valence-corrected chi connectivity index (χ2v) is 4.67. The first kappa shape index (κ1) is 18.3. The van der Waals surface area contributed by atoms with Crippen LogP contribution in [0, 0.1) is 0 Å². The van der Waals surface area contributed by atoms with E-state index in [1.54, 1.807) is 0 Å². The summed E-state index contributed by atoms with van der Waals surface area (Å²) in [6, 6.07) is -1.07. The summed E-state index contributed by atoms with van der Waals surface area (Å²) in [5.41, 5.74) is 0. The Morgan fingerprint density at radius 1 is 1.04 bits per heavy atom. The van der Waals surface area contributed by atoms with Crippen molar-refractivity contribution in [2.24, 2.45) is 0 Å². The Kier molecular flexibility index (Phi) is 5.20. The molecular weight excluding hydrogens is 348 g/mol. The van der Waals surface area contributed by atoms with E-state index in [2.05, 4.69) is 25.0 Å². The van der Waals surface area contributed by atoms with Crippen LogP contribution < -0.4 is 15.0 Å². The van der Waals surface area contributed by atoms with Gasteiger partial charge in [0.25, 0.3) is 6.10 Å². The third-order valence-corrected chi connectivity index (χ3v) is 2.94. The molecule has 1 fully saturated rings. The van der Waals surface area contributed by atoms with Crippen molar-refractivity contribution in [1.29, 1.82) is 0 Å². The molecule has 1 aromatic heterocycles. The van der Waals surface area contributed by atoms with Gasteiger partial charge in [0.05, 0.1) is 13.2 Å². The second-order valence-electron chi connectivity index (χ2n) is 4.67. The number of alkyl halides is 6. The zero-order valence-corrected chi connectivity index (χ0v) is 12.3. The molecule has 0 amide bonds. The van der Waals surface area contributed by atoms with E-state index in [0.29, 0.717) is 26.3 Å². The molecular formula is C11H13F6N5O2. The van der Waals surface area contributed by atoms with Gasteiger partial charge in [-0.1, -0.05) is 0 Å². The first-order valence-electron chi connectivity index (χ1n) is 6.68. The highest BCUT2D eigenvalue weighted by Gasteiger charge is 2.59. The molecule has 0 saturated carbocycles. The van der Waals surface area contributed by atoms with Gasteiger partial charge in [0, 0.05) is 20.1 Å². The van der Waals surface area contributed by atoms with Crippen molar-refractivity contribution < 1.29 is 35.8 Å². The topological polar surface area (TPSA) is 72.4 Å². The molecule has 24 heavy (non-hydrogen) atoms. The Balaban J connectivity index is 2.31. The summed E-state index contributed by atoms with van der Waals surface area (Å²) in [6.45, 7) is 1.30. The van der Waals surface area contributed by atoms with Crippen molar-refractivity contribution >= 4 is 11.9 Å². The summed E-state index contributed by atoms with van der Waals surface area (Å²) in [5, 5.41) is 2.43. The molecule has 0 radical (unpaired) electrons. The monoisotopic (exact) mass is 361 g/mol. The molecule has 0 spiro atoms. The highest BCUT2D eigenvalue weighted by Crippen LogP contribution is 2.36. The van der Waals surface area contributed by atoms with E-state index in [9.17, 15) is 26.3 Å². The van der Waals surface area contributed by atoms with Crippen LogP contribution in [0.15, 0.2) is 0 Å². The second kappa shape index (κ2) is 6.83. The number of hydrogen-bond donors (Lipinski definition) is 1. The standard InChI is InChI=1S/C11H13F6N5O2/c1-18-7-19-8(22-2-4-23-5-3-22)21-9(20-7)24-6(10(12,13)14)11(15,16)17/h6H,2-5H2,1H3,(H,18,19,20,21). The molecule has 13 heteroatoms. The molecule has 136 valence electrons. The fourth-order valence-electron chi connectivity index (χ4n) is 1.84. The number of rotatable bonds is 4. The van der Waals surface area contributed by atoms with Gasteiger partial charge >= 0.3 is 18.4 Å². The van der Waals surface area contributed by atoms with E-state index < -0.39 is 24.5 Å². The minimum Gasteiger partial charge on any atom is -0.440 e. The van der Waals surface area contributed by atoms with Crippen LogP contribution in [-0.4, -0.2) is 66.8 Å². The van der Waals surface area contributed by atoms with Crippen LogP contribution in [0.2, 0.25) is 0 Å². The summed E-state index contributed by atoms with van der Waals surface area (Å²) >= 11 is 0. The van der Waals surface area contributed by atoms with Crippen molar-refractivity contribution in [2.75, 3.05) is 43.6 Å². The van der Waals surface area contributed by atoms with Crippen LogP contribution in [-0.2, 0) is 4.74 Å². The number of nitrogens with one attached hydrogen (secondary N) is 1. The summed E-state index contributed by atoms with van der Waals surface area (Å²) in [7, 11) is 1.35. The summed E-state index contributed by atoms with van der Waals surface area (Å²) < 4.78 is 84.6. The molecule has 1 aliphatic rings. The molecule has 0 bridgehead atoms. The smallest absolute Gasteiger partial charge is 0.434 e. The molecule has 2 rings (SSSR count). The average molecular weight is 361 g/mol. The van der Waals surface area contributed by atoms with E-state index in [4.69, 9.17) is 4.74 Å². The lowest BCUT2D eigenvalue weighted by Gasteiger charge is -2.27. The Morgan fingerprint density at radius 3 is 2.12 bits per heavy atom. The molecule has 7 nitrogen and oxygen atoms in total. The molecule has 1 aliphatic heterocycles. The number of morpholine rings is 1. The van der Waals surface area contributed by atoms with Crippen LogP contribution in [0.3, 0.4) is 0 Å². The molecule has 0 atom stereocenters. The third-order valence-electron chi connectivity index (χ3n) is 2.94. The average Bonchev–Trinajstić information content (AvgIpc) is 2.51. The van der Waals surface area contributed by atoms with E-state index in [1.807, 2.05) is 0 Å². The lowest BCUT2D eigenvalue weighted by atomic mass is 10.3. The van der Waals surface area contributed by atoms with Gasteiger partial charge in [0.15, 0.2) is 0 Å². The minimum atomic E-state index is -5.66. The van der Waals surface area contributed by atoms with Gasteiger partial charge in [-0.2, -0.15) is 41.3 Å². The van der Waals surface area contributed by atoms with Crippen molar-refractivity contribution in [3.63, 3.8) is 0 Å². The largest absolute Gasteiger partial charge is 0.440 e. The highest BCUT2D eigenvalue weighted by atomic mass is 19.4. The van der Waals surface area contributed by atoms with Gasteiger partial charge in [0.2, 0.25) is 11.9 Å². The van der Waals surface area contributed by atoms with Crippen LogP contribution >= 0.6 is 0 Å².